The fourth-order valence-corrected chi connectivity index (χ4v) is 4.63. The standard InChI is InChI=1S/C17H15F2NO5S/c18-17(19)9-26(17,22)25-14-3-1-2-12-13(21)6-15(24-16(12)14)20-7-10-4-5-11(8-20)23-10/h1-3,6,9-11H,4-5,7-8H2. The smallest absolute Gasteiger partial charge is 0.374 e. The molecular formula is C17H15F2NO5S. The number of morpholine rings is 1. The zero-order valence-electron chi connectivity index (χ0n) is 13.5. The Balaban J connectivity index is 1.57. The van der Waals surface area contributed by atoms with Crippen LogP contribution >= 0.6 is 0 Å². The van der Waals surface area contributed by atoms with Crippen molar-refractivity contribution < 1.29 is 26.3 Å². The van der Waals surface area contributed by atoms with Gasteiger partial charge in [0, 0.05) is 19.2 Å². The molecule has 4 heterocycles. The lowest BCUT2D eigenvalue weighted by Gasteiger charge is -2.32. The molecule has 0 aliphatic carbocycles. The predicted octanol–water partition coefficient (Wildman–Crippen LogP) is 2.15. The van der Waals surface area contributed by atoms with Gasteiger partial charge in [0.25, 0.3) is 0 Å². The molecule has 3 atom stereocenters. The maximum atomic E-state index is 13.2. The van der Waals surface area contributed by atoms with Crippen molar-refractivity contribution in [3.63, 3.8) is 0 Å². The summed E-state index contributed by atoms with van der Waals surface area (Å²) in [5.74, 6) is 0.205. The fraction of sp³-hybridized carbons (Fsp3) is 0.412. The summed E-state index contributed by atoms with van der Waals surface area (Å²) in [6, 6.07) is 5.75. The van der Waals surface area contributed by atoms with E-state index in [2.05, 4.69) is 0 Å². The van der Waals surface area contributed by atoms with E-state index in [0.717, 1.165) is 12.8 Å². The molecule has 26 heavy (non-hydrogen) atoms. The van der Waals surface area contributed by atoms with Crippen molar-refractivity contribution in [2.75, 3.05) is 18.0 Å². The summed E-state index contributed by atoms with van der Waals surface area (Å²) in [4.78, 5) is 14.4. The molecule has 0 spiro atoms. The summed E-state index contributed by atoms with van der Waals surface area (Å²) in [6.45, 7) is 1.19. The van der Waals surface area contributed by atoms with Gasteiger partial charge in [-0.25, -0.2) is 4.21 Å². The van der Waals surface area contributed by atoms with Crippen LogP contribution < -0.4 is 14.5 Å². The number of fused-ring (bicyclic) bond motifs is 3. The zero-order chi connectivity index (χ0) is 18.1. The van der Waals surface area contributed by atoms with Gasteiger partial charge in [0.2, 0.25) is 0 Å². The van der Waals surface area contributed by atoms with E-state index in [1.54, 1.807) is 0 Å². The molecule has 6 nitrogen and oxygen atoms in total. The van der Waals surface area contributed by atoms with Crippen LogP contribution in [0.3, 0.4) is 0 Å². The van der Waals surface area contributed by atoms with E-state index in [9.17, 15) is 17.8 Å². The molecule has 9 heteroatoms. The highest BCUT2D eigenvalue weighted by Gasteiger charge is 2.57. The third kappa shape index (κ3) is 2.41. The molecule has 1 aromatic heterocycles. The fourth-order valence-electron chi connectivity index (χ4n) is 3.52. The van der Waals surface area contributed by atoms with Gasteiger partial charge in [-0.3, -0.25) is 4.79 Å². The molecule has 3 unspecified atom stereocenters. The Morgan fingerprint density at radius 1 is 1.23 bits per heavy atom. The van der Waals surface area contributed by atoms with Crippen LogP contribution in [0.2, 0.25) is 0 Å². The minimum atomic E-state index is -3.86. The summed E-state index contributed by atoms with van der Waals surface area (Å²) in [6.07, 6.45) is 2.10. The number of hydrogen-bond acceptors (Lipinski definition) is 6. The summed E-state index contributed by atoms with van der Waals surface area (Å²) in [5, 5.41) is -2.91. The van der Waals surface area contributed by atoms with Gasteiger partial charge >= 0.3 is 5.25 Å². The van der Waals surface area contributed by atoms with Crippen LogP contribution in [0, 0.1) is 0 Å². The molecule has 3 aliphatic heterocycles. The molecule has 0 amide bonds. The molecule has 1 aromatic carbocycles. The van der Waals surface area contributed by atoms with Gasteiger partial charge in [0.05, 0.1) is 23.0 Å². The Morgan fingerprint density at radius 2 is 1.92 bits per heavy atom. The van der Waals surface area contributed by atoms with Gasteiger partial charge in [0.1, 0.15) is 0 Å². The van der Waals surface area contributed by atoms with Gasteiger partial charge in [-0.1, -0.05) is 6.07 Å². The lowest BCUT2D eigenvalue weighted by Crippen LogP contribution is -2.42. The van der Waals surface area contributed by atoms with Crippen LogP contribution in [0.1, 0.15) is 12.8 Å². The molecule has 0 radical (unpaired) electrons. The molecule has 0 saturated carbocycles. The summed E-state index contributed by atoms with van der Waals surface area (Å²) >= 11 is 0. The van der Waals surface area contributed by atoms with Crippen molar-refractivity contribution in [1.82, 2.24) is 0 Å². The van der Waals surface area contributed by atoms with E-state index < -0.39 is 15.1 Å². The molecule has 138 valence electrons. The van der Waals surface area contributed by atoms with E-state index in [0.29, 0.717) is 24.3 Å². The minimum absolute atomic E-state index is 0.0210. The molecule has 0 N–H and O–H groups in total. The first-order valence-electron chi connectivity index (χ1n) is 8.29. The van der Waals surface area contributed by atoms with E-state index in [-0.39, 0.29) is 34.4 Å². The summed E-state index contributed by atoms with van der Waals surface area (Å²) < 4.78 is 55.1. The summed E-state index contributed by atoms with van der Waals surface area (Å²) in [5.41, 5.74) is -0.292. The van der Waals surface area contributed by atoms with E-state index >= 15 is 0 Å². The molecule has 2 saturated heterocycles. The topological polar surface area (TPSA) is 69.0 Å². The third-order valence-corrected chi connectivity index (χ3v) is 6.54. The third-order valence-electron chi connectivity index (χ3n) is 4.89. The lowest BCUT2D eigenvalue weighted by atomic mass is 10.2. The van der Waals surface area contributed by atoms with Crippen LogP contribution in [0.15, 0.2) is 33.5 Å². The van der Waals surface area contributed by atoms with Gasteiger partial charge < -0.3 is 18.2 Å². The number of rotatable bonds is 3. The van der Waals surface area contributed by atoms with E-state index in [1.165, 1.54) is 24.3 Å². The monoisotopic (exact) mass is 383 g/mol. The highest BCUT2D eigenvalue weighted by molar-refractivity contribution is 8.07. The number of para-hydroxylation sites is 1. The number of ether oxygens (including phenoxy) is 1. The quantitative estimate of drug-likeness (QED) is 0.757. The first kappa shape index (κ1) is 16.1. The molecule has 2 fully saturated rings. The van der Waals surface area contributed by atoms with E-state index in [4.69, 9.17) is 13.3 Å². The summed E-state index contributed by atoms with van der Waals surface area (Å²) in [7, 11) is -3.86. The number of benzene rings is 1. The van der Waals surface area contributed by atoms with Crippen molar-refractivity contribution in [1.29, 1.82) is 0 Å². The number of anilines is 1. The first-order valence-corrected chi connectivity index (χ1v) is 9.83. The van der Waals surface area contributed by atoms with Gasteiger partial charge in [0.15, 0.2) is 32.4 Å². The molecular weight excluding hydrogens is 368 g/mol. The first-order chi connectivity index (χ1) is 12.3. The van der Waals surface area contributed by atoms with Crippen molar-refractivity contribution in [2.24, 2.45) is 0 Å². The normalized spacial score (nSPS) is 31.7. The number of alkyl halides is 2. The van der Waals surface area contributed by atoms with Crippen LogP contribution in [0.4, 0.5) is 14.7 Å². The van der Waals surface area contributed by atoms with Crippen molar-refractivity contribution in [3.05, 3.63) is 34.5 Å². The Hall–Kier alpha value is -2.13. The maximum absolute atomic E-state index is 13.2. The number of hydrogen-bond donors (Lipinski definition) is 0. The molecule has 5 rings (SSSR count). The molecule has 2 bridgehead atoms. The zero-order valence-corrected chi connectivity index (χ0v) is 14.3. The lowest BCUT2D eigenvalue weighted by molar-refractivity contribution is 0.0291. The molecule has 3 aliphatic rings. The molecule has 2 aromatic rings. The van der Waals surface area contributed by atoms with Gasteiger partial charge in [-0.2, -0.15) is 8.78 Å². The van der Waals surface area contributed by atoms with Crippen LogP contribution in [-0.2, 0) is 14.5 Å². The number of halogens is 2. The van der Waals surface area contributed by atoms with E-state index in [1.807, 2.05) is 4.90 Å². The second-order valence-corrected chi connectivity index (χ2v) is 8.79. The maximum Gasteiger partial charge on any atom is 0.374 e. The Labute approximate surface area is 147 Å². The van der Waals surface area contributed by atoms with Crippen LogP contribution in [-0.4, -0.2) is 40.1 Å². The minimum Gasteiger partial charge on any atom is -0.436 e. The second-order valence-electron chi connectivity index (χ2n) is 6.75. The predicted molar refractivity (Wildman–Crippen MR) is 92.4 cm³/mol. The average molecular weight is 383 g/mol. The van der Waals surface area contributed by atoms with Crippen molar-refractivity contribution in [2.45, 2.75) is 30.3 Å². The SMILES string of the molecule is O=c1cc(N2CC3CCC(C2)O3)oc2c(OS3(=O)=CC3(F)F)cccc12. The Bertz CT molecular complexity index is 1080. The Kier molecular flexibility index (Phi) is 3.21. The Morgan fingerprint density at radius 3 is 2.58 bits per heavy atom. The average Bonchev–Trinajstić information content (AvgIpc) is 2.90. The highest BCUT2D eigenvalue weighted by Crippen LogP contribution is 2.39. The second kappa shape index (κ2) is 5.20. The van der Waals surface area contributed by atoms with Gasteiger partial charge in [-0.05, 0) is 25.0 Å². The van der Waals surface area contributed by atoms with Gasteiger partial charge in [-0.15, -0.1) is 0 Å². The number of nitrogens with zero attached hydrogens (tertiary/aromatic N) is 1. The highest BCUT2D eigenvalue weighted by atomic mass is 32.2. The van der Waals surface area contributed by atoms with Crippen molar-refractivity contribution in [3.8, 4) is 5.75 Å². The van der Waals surface area contributed by atoms with Crippen LogP contribution in [0.5, 0.6) is 5.75 Å². The largest absolute Gasteiger partial charge is 0.436 e. The van der Waals surface area contributed by atoms with Crippen molar-refractivity contribution >= 4 is 32.0 Å². The van der Waals surface area contributed by atoms with Crippen LogP contribution in [0.25, 0.3) is 11.0 Å².